The molecule has 2 aromatic rings. The number of carboxylic acids is 1. The third-order valence-corrected chi connectivity index (χ3v) is 6.04. The average molecular weight is 484 g/mol. The third kappa shape index (κ3) is 10.5. The molecule has 6 heteroatoms. The highest BCUT2D eigenvalue weighted by molar-refractivity contribution is 5.77. The van der Waals surface area contributed by atoms with Crippen LogP contribution in [0.5, 0.6) is 5.75 Å². The number of hydrogen-bond donors (Lipinski definition) is 1. The fraction of sp³-hybridized carbons (Fsp3) is 0.517. The van der Waals surface area contributed by atoms with Crippen molar-refractivity contribution < 1.29 is 24.2 Å². The molecule has 0 aromatic heterocycles. The first-order valence-corrected chi connectivity index (χ1v) is 12.9. The van der Waals surface area contributed by atoms with Gasteiger partial charge in [-0.25, -0.2) is 4.79 Å². The van der Waals surface area contributed by atoms with Crippen molar-refractivity contribution in [3.8, 4) is 5.75 Å². The van der Waals surface area contributed by atoms with Crippen molar-refractivity contribution >= 4 is 11.9 Å². The largest absolute Gasteiger partial charge is 0.484 e. The van der Waals surface area contributed by atoms with Gasteiger partial charge in [-0.05, 0) is 48.6 Å². The molecule has 1 atom stereocenters. The molecule has 0 aliphatic rings. The predicted molar refractivity (Wildman–Crippen MR) is 139 cm³/mol. The fourth-order valence-electron chi connectivity index (χ4n) is 3.89. The molecular weight excluding hydrogens is 442 g/mol. The first-order valence-electron chi connectivity index (χ1n) is 12.9. The zero-order valence-electron chi connectivity index (χ0n) is 21.5. The molecule has 0 radical (unpaired) electrons. The summed E-state index contributed by atoms with van der Waals surface area (Å²) in [5, 5.41) is 9.26. The number of carbonyl (C=O) groups is 2. The van der Waals surface area contributed by atoms with Crippen molar-refractivity contribution in [1.29, 1.82) is 0 Å². The number of nitrogens with zero attached hydrogens (tertiary/aromatic N) is 1. The molecule has 0 heterocycles. The van der Waals surface area contributed by atoms with Gasteiger partial charge in [0, 0.05) is 26.1 Å². The van der Waals surface area contributed by atoms with E-state index in [1.807, 2.05) is 17.0 Å². The van der Waals surface area contributed by atoms with E-state index in [4.69, 9.17) is 9.47 Å². The highest BCUT2D eigenvalue weighted by Crippen LogP contribution is 2.16. The van der Waals surface area contributed by atoms with Crippen LogP contribution in [0.1, 0.15) is 69.6 Å². The van der Waals surface area contributed by atoms with Crippen LogP contribution in [0.3, 0.4) is 0 Å². The highest BCUT2D eigenvalue weighted by atomic mass is 16.5. The molecule has 0 fully saturated rings. The van der Waals surface area contributed by atoms with Gasteiger partial charge in [-0.15, -0.1) is 0 Å². The maximum absolute atomic E-state index is 13.0. The van der Waals surface area contributed by atoms with E-state index in [1.54, 1.807) is 19.1 Å². The minimum Gasteiger partial charge on any atom is -0.484 e. The maximum Gasteiger partial charge on any atom is 0.333 e. The Kier molecular flexibility index (Phi) is 12.9. The Morgan fingerprint density at radius 1 is 0.857 bits per heavy atom. The van der Waals surface area contributed by atoms with Crippen molar-refractivity contribution in [3.63, 3.8) is 0 Å². The van der Waals surface area contributed by atoms with Crippen molar-refractivity contribution in [3.05, 3.63) is 65.2 Å². The number of ether oxygens (including phenoxy) is 2. The number of rotatable bonds is 17. The van der Waals surface area contributed by atoms with Crippen LogP contribution in [0.2, 0.25) is 0 Å². The Balaban J connectivity index is 1.94. The monoisotopic (exact) mass is 483 g/mol. The Morgan fingerprint density at radius 2 is 1.49 bits per heavy atom. The van der Waals surface area contributed by atoms with E-state index in [0.717, 1.165) is 30.4 Å². The summed E-state index contributed by atoms with van der Waals surface area (Å²) in [5.41, 5.74) is 3.25. The lowest BCUT2D eigenvalue weighted by Gasteiger charge is -2.23. The van der Waals surface area contributed by atoms with Crippen LogP contribution in [0.4, 0.5) is 0 Å². The molecule has 0 aliphatic heterocycles. The average Bonchev–Trinajstić information content (AvgIpc) is 2.87. The van der Waals surface area contributed by atoms with E-state index in [1.165, 1.54) is 24.8 Å². The van der Waals surface area contributed by atoms with Gasteiger partial charge in [-0.3, -0.25) is 4.79 Å². The van der Waals surface area contributed by atoms with Gasteiger partial charge in [0.1, 0.15) is 5.75 Å². The zero-order valence-corrected chi connectivity index (χ0v) is 21.5. The second-order valence-corrected chi connectivity index (χ2v) is 8.82. The molecule has 1 N–H and O–H groups in total. The highest BCUT2D eigenvalue weighted by Gasteiger charge is 2.18. The summed E-state index contributed by atoms with van der Waals surface area (Å²) >= 11 is 0. The lowest BCUT2D eigenvalue weighted by Crippen LogP contribution is -2.35. The van der Waals surface area contributed by atoms with E-state index < -0.39 is 12.1 Å². The van der Waals surface area contributed by atoms with Crippen molar-refractivity contribution in [2.75, 3.05) is 19.8 Å². The molecule has 35 heavy (non-hydrogen) atoms. The first kappa shape index (κ1) is 28.4. The van der Waals surface area contributed by atoms with Gasteiger partial charge >= 0.3 is 5.97 Å². The molecule has 0 unspecified atom stereocenters. The van der Waals surface area contributed by atoms with Crippen LogP contribution in [-0.4, -0.2) is 47.7 Å². The molecule has 0 spiro atoms. The normalized spacial score (nSPS) is 11.7. The summed E-state index contributed by atoms with van der Waals surface area (Å²) in [6, 6.07) is 15.6. The molecule has 2 rings (SSSR count). The Morgan fingerprint density at radius 3 is 2.09 bits per heavy atom. The van der Waals surface area contributed by atoms with E-state index in [-0.39, 0.29) is 18.9 Å². The number of carboxylic acid groups (broad SMARTS) is 1. The first-order chi connectivity index (χ1) is 17.0. The predicted octanol–water partition coefficient (Wildman–Crippen LogP) is 5.66. The maximum atomic E-state index is 13.0. The SMILES string of the molecule is CCCCCCCN(Cc1ccc(CC)cc1)C(=O)COc1ccc(C[C@H](OCC)C(=O)O)cc1. The lowest BCUT2D eigenvalue weighted by molar-refractivity contribution is -0.150. The number of aliphatic carboxylic acids is 1. The van der Waals surface area contributed by atoms with E-state index in [2.05, 4.69) is 38.1 Å². The minimum absolute atomic E-state index is 0.0297. The van der Waals surface area contributed by atoms with Crippen molar-refractivity contribution in [2.45, 2.75) is 78.4 Å². The molecule has 6 nitrogen and oxygen atoms in total. The van der Waals surface area contributed by atoms with Gasteiger partial charge < -0.3 is 19.5 Å². The van der Waals surface area contributed by atoms with Crippen LogP contribution in [-0.2, 0) is 33.7 Å². The summed E-state index contributed by atoms with van der Waals surface area (Å²) in [6.45, 7) is 7.72. The number of aryl methyl sites for hydroxylation is 1. The molecule has 1 amide bonds. The fourth-order valence-corrected chi connectivity index (χ4v) is 3.89. The summed E-state index contributed by atoms with van der Waals surface area (Å²) < 4.78 is 11.1. The van der Waals surface area contributed by atoms with Crippen LogP contribution in [0.15, 0.2) is 48.5 Å². The summed E-state index contributed by atoms with van der Waals surface area (Å²) in [4.78, 5) is 26.2. The number of benzene rings is 2. The summed E-state index contributed by atoms with van der Waals surface area (Å²) in [6.07, 6.45) is 6.13. The van der Waals surface area contributed by atoms with Crippen LogP contribution < -0.4 is 4.74 Å². The van der Waals surface area contributed by atoms with Crippen LogP contribution in [0, 0.1) is 0 Å². The standard InChI is InChI=1S/C29H41NO5/c1-4-7-8-9-10-19-30(21-25-13-11-23(5-2)12-14-25)28(31)22-35-26-17-15-24(16-18-26)20-27(29(32)33)34-6-3/h11-18,27H,4-10,19-22H2,1-3H3,(H,32,33)/t27-/m0/s1. The Labute approximate surface area is 210 Å². The van der Waals surface area contributed by atoms with Gasteiger partial charge in [-0.1, -0.05) is 75.9 Å². The van der Waals surface area contributed by atoms with Crippen LogP contribution >= 0.6 is 0 Å². The Hall–Kier alpha value is -2.86. The lowest BCUT2D eigenvalue weighted by atomic mass is 10.1. The van der Waals surface area contributed by atoms with E-state index in [0.29, 0.717) is 25.4 Å². The molecule has 0 aliphatic carbocycles. The smallest absolute Gasteiger partial charge is 0.333 e. The van der Waals surface area contributed by atoms with Gasteiger partial charge in [0.15, 0.2) is 12.7 Å². The zero-order chi connectivity index (χ0) is 25.5. The minimum atomic E-state index is -0.975. The van der Waals surface area contributed by atoms with Gasteiger partial charge in [-0.2, -0.15) is 0 Å². The summed E-state index contributed by atoms with van der Waals surface area (Å²) in [7, 11) is 0. The topological polar surface area (TPSA) is 76.1 Å². The summed E-state index contributed by atoms with van der Waals surface area (Å²) in [5.74, 6) is -0.427. The number of carbonyl (C=O) groups excluding carboxylic acids is 1. The van der Waals surface area contributed by atoms with Gasteiger partial charge in [0.2, 0.25) is 0 Å². The molecular formula is C29H41NO5. The number of hydrogen-bond acceptors (Lipinski definition) is 4. The van der Waals surface area contributed by atoms with Gasteiger partial charge in [0.25, 0.3) is 5.91 Å². The molecule has 2 aromatic carbocycles. The molecule has 0 saturated carbocycles. The Bertz CT molecular complexity index is 879. The second kappa shape index (κ2) is 15.9. The quantitative estimate of drug-likeness (QED) is 0.294. The number of unbranched alkanes of at least 4 members (excludes halogenated alkanes) is 4. The van der Waals surface area contributed by atoms with E-state index >= 15 is 0 Å². The van der Waals surface area contributed by atoms with Crippen LogP contribution in [0.25, 0.3) is 0 Å². The number of amides is 1. The van der Waals surface area contributed by atoms with Crippen molar-refractivity contribution in [1.82, 2.24) is 4.90 Å². The van der Waals surface area contributed by atoms with Crippen molar-refractivity contribution in [2.24, 2.45) is 0 Å². The third-order valence-electron chi connectivity index (χ3n) is 6.04. The van der Waals surface area contributed by atoms with Gasteiger partial charge in [0.05, 0.1) is 0 Å². The second-order valence-electron chi connectivity index (χ2n) is 8.82. The molecule has 0 bridgehead atoms. The molecule has 192 valence electrons. The molecule has 0 saturated heterocycles. The van der Waals surface area contributed by atoms with E-state index in [9.17, 15) is 14.7 Å².